The zero-order valence-electron chi connectivity index (χ0n) is 11.2. The summed E-state index contributed by atoms with van der Waals surface area (Å²) in [5.74, 6) is 0.732. The number of nitrogens with one attached hydrogen (secondary N) is 1. The van der Waals surface area contributed by atoms with Crippen LogP contribution in [0.1, 0.15) is 16.7 Å². The van der Waals surface area contributed by atoms with E-state index < -0.39 is 0 Å². The van der Waals surface area contributed by atoms with Crippen LogP contribution in [0.25, 0.3) is 11.6 Å². The molecule has 3 heteroatoms. The van der Waals surface area contributed by atoms with E-state index in [4.69, 9.17) is 4.74 Å². The van der Waals surface area contributed by atoms with Gasteiger partial charge in [0, 0.05) is 12.1 Å². The average molecular weight is 265 g/mol. The third-order valence-electron chi connectivity index (χ3n) is 3.44. The van der Waals surface area contributed by atoms with Crippen LogP contribution in [0.3, 0.4) is 0 Å². The topological polar surface area (TPSA) is 38.3 Å². The molecule has 0 bridgehead atoms. The quantitative estimate of drug-likeness (QED) is 0.906. The van der Waals surface area contributed by atoms with E-state index in [0.29, 0.717) is 12.1 Å². The molecule has 1 N–H and O–H groups in total. The van der Waals surface area contributed by atoms with Gasteiger partial charge in [0.25, 0.3) is 5.91 Å². The first-order valence-electron chi connectivity index (χ1n) is 6.50. The van der Waals surface area contributed by atoms with Crippen LogP contribution in [0.4, 0.5) is 0 Å². The monoisotopic (exact) mass is 265 g/mol. The maximum atomic E-state index is 12.2. The van der Waals surface area contributed by atoms with Gasteiger partial charge in [-0.2, -0.15) is 0 Å². The third kappa shape index (κ3) is 2.30. The Labute approximate surface area is 117 Å². The van der Waals surface area contributed by atoms with Crippen molar-refractivity contribution in [1.29, 1.82) is 0 Å². The molecule has 0 radical (unpaired) electrons. The van der Waals surface area contributed by atoms with Crippen LogP contribution in [-0.4, -0.2) is 13.0 Å². The summed E-state index contributed by atoms with van der Waals surface area (Å²) in [6.45, 7) is 0.561. The number of benzene rings is 2. The lowest BCUT2D eigenvalue weighted by Gasteiger charge is -2.06. The van der Waals surface area contributed by atoms with Crippen molar-refractivity contribution >= 4 is 17.6 Å². The van der Waals surface area contributed by atoms with Crippen molar-refractivity contribution in [3.8, 4) is 5.75 Å². The molecular weight excluding hydrogens is 250 g/mol. The Morgan fingerprint density at radius 3 is 2.55 bits per heavy atom. The number of hydrogen-bond donors (Lipinski definition) is 1. The molecule has 0 atom stereocenters. The SMILES string of the molecule is COc1ccc(C2=Cc3ccccc3CNC2=O)cc1. The van der Waals surface area contributed by atoms with Gasteiger partial charge in [-0.15, -0.1) is 0 Å². The van der Waals surface area contributed by atoms with Gasteiger partial charge in [-0.3, -0.25) is 4.79 Å². The lowest BCUT2D eigenvalue weighted by atomic mass is 10.0. The first-order chi connectivity index (χ1) is 9.78. The van der Waals surface area contributed by atoms with Crippen LogP contribution < -0.4 is 10.1 Å². The highest BCUT2D eigenvalue weighted by Crippen LogP contribution is 2.25. The fourth-order valence-corrected chi connectivity index (χ4v) is 2.31. The number of carbonyl (C=O) groups excluding carboxylic acids is 1. The first kappa shape index (κ1) is 12.5. The largest absolute Gasteiger partial charge is 0.497 e. The summed E-state index contributed by atoms with van der Waals surface area (Å²) in [5.41, 5.74) is 3.78. The Bertz CT molecular complexity index is 672. The summed E-state index contributed by atoms with van der Waals surface area (Å²) in [6, 6.07) is 15.5. The van der Waals surface area contributed by atoms with Crippen LogP contribution in [0, 0.1) is 0 Å². The van der Waals surface area contributed by atoms with Crippen molar-refractivity contribution in [1.82, 2.24) is 5.32 Å². The van der Waals surface area contributed by atoms with E-state index in [1.54, 1.807) is 7.11 Å². The fourth-order valence-electron chi connectivity index (χ4n) is 2.31. The molecule has 1 aliphatic rings. The molecule has 0 unspecified atom stereocenters. The molecule has 0 saturated heterocycles. The van der Waals surface area contributed by atoms with Crippen molar-refractivity contribution in [3.63, 3.8) is 0 Å². The minimum absolute atomic E-state index is 0.0497. The predicted octanol–water partition coefficient (Wildman–Crippen LogP) is 2.87. The average Bonchev–Trinajstić information content (AvgIpc) is 2.67. The van der Waals surface area contributed by atoms with Crippen molar-refractivity contribution in [3.05, 3.63) is 65.2 Å². The molecule has 2 aromatic rings. The van der Waals surface area contributed by atoms with Crippen LogP contribution in [0.5, 0.6) is 5.75 Å². The van der Waals surface area contributed by atoms with Crippen LogP contribution in [0.15, 0.2) is 48.5 Å². The van der Waals surface area contributed by atoms with Gasteiger partial charge < -0.3 is 10.1 Å². The molecular formula is C17H15NO2. The standard InChI is InChI=1S/C17H15NO2/c1-20-15-8-6-12(7-9-15)16-10-13-4-2-3-5-14(13)11-18-17(16)19/h2-10H,11H2,1H3,(H,18,19). The molecule has 0 aromatic heterocycles. The normalized spacial score (nSPS) is 13.8. The van der Waals surface area contributed by atoms with E-state index in [2.05, 4.69) is 5.32 Å². The van der Waals surface area contributed by atoms with Crippen LogP contribution >= 0.6 is 0 Å². The Morgan fingerprint density at radius 1 is 1.05 bits per heavy atom. The van der Waals surface area contributed by atoms with E-state index in [-0.39, 0.29) is 5.91 Å². The Kier molecular flexibility index (Phi) is 3.25. The number of hydrogen-bond acceptors (Lipinski definition) is 2. The number of ether oxygens (including phenoxy) is 1. The highest BCUT2D eigenvalue weighted by molar-refractivity contribution is 6.24. The molecule has 1 aliphatic heterocycles. The zero-order valence-corrected chi connectivity index (χ0v) is 11.2. The molecule has 0 aliphatic carbocycles. The molecule has 1 heterocycles. The molecule has 0 spiro atoms. The van der Waals surface area contributed by atoms with Gasteiger partial charge in [0.15, 0.2) is 0 Å². The summed E-state index contributed by atoms with van der Waals surface area (Å²) in [6.07, 6.45) is 1.94. The molecule has 2 aromatic carbocycles. The van der Waals surface area contributed by atoms with Crippen molar-refractivity contribution in [2.24, 2.45) is 0 Å². The van der Waals surface area contributed by atoms with Gasteiger partial charge in [0.2, 0.25) is 0 Å². The van der Waals surface area contributed by atoms with E-state index in [9.17, 15) is 4.79 Å². The fraction of sp³-hybridized carbons (Fsp3) is 0.118. The summed E-state index contributed by atoms with van der Waals surface area (Å²) < 4.78 is 5.14. The summed E-state index contributed by atoms with van der Waals surface area (Å²) in [7, 11) is 1.63. The lowest BCUT2D eigenvalue weighted by Crippen LogP contribution is -2.22. The molecule has 0 saturated carbocycles. The van der Waals surface area contributed by atoms with Gasteiger partial charge in [-0.25, -0.2) is 0 Å². The van der Waals surface area contributed by atoms with Crippen LogP contribution in [-0.2, 0) is 11.3 Å². The maximum Gasteiger partial charge on any atom is 0.252 e. The number of fused-ring (bicyclic) bond motifs is 1. The molecule has 20 heavy (non-hydrogen) atoms. The highest BCUT2D eigenvalue weighted by Gasteiger charge is 2.16. The number of carbonyl (C=O) groups is 1. The molecule has 100 valence electrons. The van der Waals surface area contributed by atoms with E-state index in [1.807, 2.05) is 54.6 Å². The van der Waals surface area contributed by atoms with E-state index in [1.165, 1.54) is 0 Å². The minimum atomic E-state index is -0.0497. The van der Waals surface area contributed by atoms with Gasteiger partial charge in [0.1, 0.15) is 5.75 Å². The smallest absolute Gasteiger partial charge is 0.252 e. The Hall–Kier alpha value is -2.55. The predicted molar refractivity (Wildman–Crippen MR) is 79.2 cm³/mol. The van der Waals surface area contributed by atoms with Gasteiger partial charge in [-0.05, 0) is 34.9 Å². The summed E-state index contributed by atoms with van der Waals surface area (Å²) >= 11 is 0. The van der Waals surface area contributed by atoms with Gasteiger partial charge in [-0.1, -0.05) is 36.4 Å². The molecule has 1 amide bonds. The third-order valence-corrected chi connectivity index (χ3v) is 3.44. The van der Waals surface area contributed by atoms with E-state index in [0.717, 1.165) is 22.4 Å². The molecule has 0 fully saturated rings. The minimum Gasteiger partial charge on any atom is -0.497 e. The second-order valence-corrected chi connectivity index (χ2v) is 4.67. The Morgan fingerprint density at radius 2 is 1.80 bits per heavy atom. The zero-order chi connectivity index (χ0) is 13.9. The van der Waals surface area contributed by atoms with Gasteiger partial charge in [0.05, 0.1) is 7.11 Å². The second-order valence-electron chi connectivity index (χ2n) is 4.67. The summed E-state index contributed by atoms with van der Waals surface area (Å²) in [5, 5.41) is 2.94. The van der Waals surface area contributed by atoms with Crippen molar-refractivity contribution < 1.29 is 9.53 Å². The lowest BCUT2D eigenvalue weighted by molar-refractivity contribution is -0.115. The second kappa shape index (κ2) is 5.21. The highest BCUT2D eigenvalue weighted by atomic mass is 16.5. The van der Waals surface area contributed by atoms with Crippen LogP contribution in [0.2, 0.25) is 0 Å². The van der Waals surface area contributed by atoms with Crippen molar-refractivity contribution in [2.45, 2.75) is 6.54 Å². The maximum absolute atomic E-state index is 12.2. The van der Waals surface area contributed by atoms with Gasteiger partial charge >= 0.3 is 0 Å². The molecule has 3 nitrogen and oxygen atoms in total. The number of methoxy groups -OCH3 is 1. The first-order valence-corrected chi connectivity index (χ1v) is 6.50. The number of rotatable bonds is 2. The molecule has 3 rings (SSSR count). The van der Waals surface area contributed by atoms with E-state index >= 15 is 0 Å². The summed E-state index contributed by atoms with van der Waals surface area (Å²) in [4.78, 5) is 12.2. The Balaban J connectivity index is 2.05. The van der Waals surface area contributed by atoms with Crippen molar-refractivity contribution in [2.75, 3.05) is 7.11 Å². The number of amides is 1.